The Labute approximate surface area is 263 Å². The van der Waals surface area contributed by atoms with Crippen LogP contribution in [0.25, 0.3) is 10.1 Å². The minimum atomic E-state index is -1.89. The lowest BCUT2D eigenvalue weighted by molar-refractivity contribution is -0.301. The third-order valence-corrected chi connectivity index (χ3v) is 9.74. The molecule has 0 bridgehead atoms. The first kappa shape index (κ1) is 34.2. The van der Waals surface area contributed by atoms with Gasteiger partial charge in [0.2, 0.25) is 0 Å². The van der Waals surface area contributed by atoms with Crippen molar-refractivity contribution >= 4 is 50.7 Å². The van der Waals surface area contributed by atoms with Gasteiger partial charge in [-0.05, 0) is 50.5 Å². The molecule has 1 aromatic heterocycles. The van der Waals surface area contributed by atoms with Gasteiger partial charge < -0.3 is 40.1 Å². The molecule has 240 valence electrons. The summed E-state index contributed by atoms with van der Waals surface area (Å²) in [5, 5.41) is 61.0. The fourth-order valence-corrected chi connectivity index (χ4v) is 7.08. The van der Waals surface area contributed by atoms with Gasteiger partial charge in [-0.3, -0.25) is 9.59 Å². The summed E-state index contributed by atoms with van der Waals surface area (Å²) in [6.07, 6.45) is -1.65. The fraction of sp³-hybridized carbons (Fsp3) is 0.516. The van der Waals surface area contributed by atoms with Gasteiger partial charge in [0.1, 0.15) is 24.4 Å². The second-order valence-corrected chi connectivity index (χ2v) is 12.6. The van der Waals surface area contributed by atoms with E-state index in [2.05, 4.69) is 0 Å². The Morgan fingerprint density at radius 3 is 2.57 bits per heavy atom. The zero-order chi connectivity index (χ0) is 32.0. The monoisotopic (exact) mass is 652 g/mol. The van der Waals surface area contributed by atoms with E-state index in [1.165, 1.54) is 0 Å². The summed E-state index contributed by atoms with van der Waals surface area (Å²) in [4.78, 5) is 36.6. The van der Waals surface area contributed by atoms with Crippen molar-refractivity contribution in [1.29, 1.82) is 0 Å². The number of hydrogen-bond donors (Lipinski definition) is 6. The number of carbonyl (C=O) groups excluding carboxylic acids is 1. The first-order valence-electron chi connectivity index (χ1n) is 14.5. The van der Waals surface area contributed by atoms with Gasteiger partial charge in [-0.1, -0.05) is 54.1 Å². The maximum absolute atomic E-state index is 13.4. The van der Waals surface area contributed by atoms with E-state index < -0.39 is 60.8 Å². The lowest BCUT2D eigenvalue weighted by Crippen LogP contribution is -2.61. The molecule has 2 fully saturated rings. The number of ether oxygens (including phenoxy) is 2. The maximum Gasteiger partial charge on any atom is 0.335 e. The summed E-state index contributed by atoms with van der Waals surface area (Å²) in [6.45, 7) is 0. The third kappa shape index (κ3) is 8.32. The number of aliphatic hydroxyl groups excluding tert-OH is 4. The van der Waals surface area contributed by atoms with Crippen molar-refractivity contribution in [3.8, 4) is 0 Å². The van der Waals surface area contributed by atoms with E-state index in [1.54, 1.807) is 35.6 Å². The molecule has 1 saturated carbocycles. The van der Waals surface area contributed by atoms with Crippen LogP contribution >= 0.6 is 22.9 Å². The molecule has 2 aliphatic rings. The van der Waals surface area contributed by atoms with Crippen molar-refractivity contribution in [2.24, 2.45) is 11.8 Å². The zero-order valence-corrected chi connectivity index (χ0v) is 25.3. The molecule has 3 unspecified atom stereocenters. The van der Waals surface area contributed by atoms with E-state index in [0.717, 1.165) is 15.0 Å². The van der Waals surface area contributed by atoms with Crippen molar-refractivity contribution in [2.75, 3.05) is 0 Å². The number of halogens is 1. The van der Waals surface area contributed by atoms with Crippen LogP contribution in [0.3, 0.4) is 0 Å². The average molecular weight is 653 g/mol. The number of aliphatic carboxylic acids is 2. The lowest BCUT2D eigenvalue weighted by Gasteiger charge is -2.39. The summed E-state index contributed by atoms with van der Waals surface area (Å²) < 4.78 is 12.0. The van der Waals surface area contributed by atoms with Crippen molar-refractivity contribution < 1.29 is 54.5 Å². The van der Waals surface area contributed by atoms with Gasteiger partial charge in [-0.25, -0.2) is 4.79 Å². The van der Waals surface area contributed by atoms with Crippen LogP contribution in [0.4, 0.5) is 0 Å². The number of allylic oxidation sites excluding steroid dienone is 3. The summed E-state index contributed by atoms with van der Waals surface area (Å²) in [5.41, 5.74) is 0. The molecule has 1 aromatic carbocycles. The Balaban J connectivity index is 1.42. The van der Waals surface area contributed by atoms with E-state index in [0.29, 0.717) is 37.1 Å². The maximum atomic E-state index is 13.4. The van der Waals surface area contributed by atoms with Crippen molar-refractivity contribution in [3.63, 3.8) is 0 Å². The molecule has 0 radical (unpaired) electrons. The number of aryl methyl sites for hydroxylation is 1. The number of benzene rings is 1. The Kier molecular flexibility index (Phi) is 12.1. The number of rotatable bonds is 14. The van der Waals surface area contributed by atoms with Gasteiger partial charge in [0, 0.05) is 27.3 Å². The van der Waals surface area contributed by atoms with Crippen LogP contribution in [0.15, 0.2) is 48.6 Å². The van der Waals surface area contributed by atoms with Gasteiger partial charge in [0.15, 0.2) is 18.2 Å². The number of fused-ring (bicyclic) bond motifs is 1. The molecule has 11 nitrogen and oxygen atoms in total. The van der Waals surface area contributed by atoms with E-state index >= 15 is 0 Å². The van der Waals surface area contributed by atoms with E-state index in [4.69, 9.17) is 26.2 Å². The molecule has 0 amide bonds. The normalized spacial score (nSPS) is 30.1. The highest BCUT2D eigenvalue weighted by Gasteiger charge is 2.50. The van der Waals surface area contributed by atoms with Crippen LogP contribution in [-0.2, 0) is 30.3 Å². The molecule has 2 aromatic rings. The van der Waals surface area contributed by atoms with E-state index in [9.17, 15) is 39.9 Å². The summed E-state index contributed by atoms with van der Waals surface area (Å²) in [7, 11) is 0. The van der Waals surface area contributed by atoms with Crippen LogP contribution in [-0.4, -0.2) is 91.3 Å². The number of carboxylic acid groups (broad SMARTS) is 2. The van der Waals surface area contributed by atoms with Crippen LogP contribution in [0.5, 0.6) is 0 Å². The number of hydrogen-bond acceptors (Lipinski definition) is 10. The van der Waals surface area contributed by atoms with Crippen molar-refractivity contribution in [1.82, 2.24) is 0 Å². The number of carbonyl (C=O) groups is 3. The third-order valence-electron chi connectivity index (χ3n) is 7.96. The highest BCUT2D eigenvalue weighted by Crippen LogP contribution is 2.38. The van der Waals surface area contributed by atoms with Crippen LogP contribution in [0.2, 0.25) is 5.02 Å². The molecule has 1 aliphatic heterocycles. The van der Waals surface area contributed by atoms with Crippen LogP contribution < -0.4 is 0 Å². The largest absolute Gasteiger partial charge is 0.481 e. The van der Waals surface area contributed by atoms with Gasteiger partial charge in [0.05, 0.1) is 11.1 Å². The average Bonchev–Trinajstić information content (AvgIpc) is 3.47. The Morgan fingerprint density at radius 1 is 1.11 bits per heavy atom. The standard InChI is InChI=1S/C31H37ClO11S/c32-24-19-8-5-6-9-21(19)44-22(24)14-13-17(33)12-11-16-15-20(25(36)18(16)7-3-1-2-4-10-23(34)35)42-31-28(39)26(37)27(38)29(43-31)30(40)41/h1,3,5-6,8-9,11-12,16-18,20,26-29,31,33,37-39H,2,4,7,10,13-15H2,(H,34,35)(H,40,41)/b3-1-,12-11+/t16-,17?,18+,20?,26-,27-,28+,29-,31?/m0/s1. The number of unbranched alkanes of at least 4 members (excludes halogenated alkanes) is 1. The summed E-state index contributed by atoms with van der Waals surface area (Å²) in [5.74, 6) is -3.75. The number of ketones is 1. The molecule has 1 aliphatic carbocycles. The van der Waals surface area contributed by atoms with Gasteiger partial charge >= 0.3 is 11.9 Å². The molecule has 4 rings (SSSR count). The number of thiophene rings is 1. The van der Waals surface area contributed by atoms with E-state index in [-0.39, 0.29) is 24.5 Å². The Bertz CT molecular complexity index is 1370. The van der Waals surface area contributed by atoms with Gasteiger partial charge in [-0.15, -0.1) is 11.3 Å². The number of aliphatic hydroxyl groups is 4. The first-order valence-corrected chi connectivity index (χ1v) is 15.7. The van der Waals surface area contributed by atoms with Crippen molar-refractivity contribution in [3.05, 3.63) is 58.5 Å². The van der Waals surface area contributed by atoms with Crippen molar-refractivity contribution in [2.45, 2.75) is 87.9 Å². The summed E-state index contributed by atoms with van der Waals surface area (Å²) in [6, 6.07) is 7.80. The Hall–Kier alpha value is -2.68. The second-order valence-electron chi connectivity index (χ2n) is 11.1. The highest BCUT2D eigenvalue weighted by atomic mass is 35.5. The highest BCUT2D eigenvalue weighted by molar-refractivity contribution is 7.19. The SMILES string of the molecule is O=C(O)CCC/C=C\C[C@H]1C(=O)C(OC2O[C@H](C(=O)O)[C@@H](O)[C@H](O)[C@H]2O)C[C@@H]1/C=C/C(O)CCc1sc2ccccc2c1Cl. The number of Topliss-reactive ketones (excluding diaryl/α,β-unsaturated/α-hetero) is 1. The zero-order valence-electron chi connectivity index (χ0n) is 23.8. The molecule has 9 atom stereocenters. The molecule has 6 N–H and O–H groups in total. The van der Waals surface area contributed by atoms with Crippen LogP contribution in [0, 0.1) is 11.8 Å². The predicted octanol–water partition coefficient (Wildman–Crippen LogP) is 3.09. The fourth-order valence-electron chi connectivity index (χ4n) is 5.53. The molecule has 0 spiro atoms. The predicted molar refractivity (Wildman–Crippen MR) is 161 cm³/mol. The number of carboxylic acids is 2. The van der Waals surface area contributed by atoms with Gasteiger partial charge in [0.25, 0.3) is 0 Å². The quantitative estimate of drug-likeness (QED) is 0.130. The van der Waals surface area contributed by atoms with Gasteiger partial charge in [-0.2, -0.15) is 0 Å². The Morgan fingerprint density at radius 2 is 1.86 bits per heavy atom. The smallest absolute Gasteiger partial charge is 0.335 e. The minimum absolute atomic E-state index is 0.0280. The molecule has 44 heavy (non-hydrogen) atoms. The molecule has 13 heteroatoms. The summed E-state index contributed by atoms with van der Waals surface area (Å²) >= 11 is 8.11. The molecular weight excluding hydrogens is 616 g/mol. The van der Waals surface area contributed by atoms with Crippen LogP contribution in [0.1, 0.15) is 43.4 Å². The minimum Gasteiger partial charge on any atom is -0.481 e. The second kappa shape index (κ2) is 15.5. The molecule has 1 saturated heterocycles. The van der Waals surface area contributed by atoms with E-state index in [1.807, 2.05) is 24.3 Å². The molecule has 2 heterocycles. The molecular formula is C31H37ClO11S. The topological polar surface area (TPSA) is 191 Å². The lowest BCUT2D eigenvalue weighted by atomic mass is 9.91. The first-order chi connectivity index (χ1) is 21.0.